The molecule has 1 aromatic carbocycles. The molecular weight excluding hydrogens is 342 g/mol. The number of carbonyl (C=O) groups excluding carboxylic acids is 3. The van der Waals surface area contributed by atoms with Gasteiger partial charge in [0.05, 0.1) is 5.92 Å². The normalized spacial score (nSPS) is 21.0. The van der Waals surface area contributed by atoms with Gasteiger partial charge in [-0.3, -0.25) is 14.4 Å². The minimum absolute atomic E-state index is 0.0233. The van der Waals surface area contributed by atoms with Crippen molar-refractivity contribution in [3.63, 3.8) is 0 Å². The molecule has 1 atom stereocenters. The highest BCUT2D eigenvalue weighted by molar-refractivity contribution is 5.96. The van der Waals surface area contributed by atoms with Crippen LogP contribution in [0.2, 0.25) is 0 Å². The van der Waals surface area contributed by atoms with Gasteiger partial charge in [-0.25, -0.2) is 0 Å². The molecular formula is C21H29N3O3. The van der Waals surface area contributed by atoms with Crippen molar-refractivity contribution in [2.75, 3.05) is 32.7 Å². The number of aryl methyl sites for hydroxylation is 1. The second-order valence-corrected chi connectivity index (χ2v) is 8.51. The average molecular weight is 371 g/mol. The third-order valence-electron chi connectivity index (χ3n) is 5.54. The number of likely N-dealkylation sites (tertiary alicyclic amines) is 1. The molecule has 1 unspecified atom stereocenters. The van der Waals surface area contributed by atoms with Crippen LogP contribution in [0.25, 0.3) is 0 Å². The Kier molecular flexibility index (Phi) is 5.27. The maximum Gasteiger partial charge on any atom is 0.254 e. The van der Waals surface area contributed by atoms with Crippen molar-refractivity contribution in [3.05, 3.63) is 35.4 Å². The van der Waals surface area contributed by atoms with Crippen LogP contribution in [0.4, 0.5) is 0 Å². The molecule has 6 nitrogen and oxygen atoms in total. The van der Waals surface area contributed by atoms with Gasteiger partial charge in [0.25, 0.3) is 5.91 Å². The van der Waals surface area contributed by atoms with Gasteiger partial charge < -0.3 is 14.7 Å². The summed E-state index contributed by atoms with van der Waals surface area (Å²) < 4.78 is 0. The van der Waals surface area contributed by atoms with Crippen molar-refractivity contribution in [2.45, 2.75) is 39.7 Å². The van der Waals surface area contributed by atoms with Crippen LogP contribution in [0.3, 0.4) is 0 Å². The number of carbonyl (C=O) groups is 3. The van der Waals surface area contributed by atoms with Gasteiger partial charge in [0, 0.05) is 50.2 Å². The summed E-state index contributed by atoms with van der Waals surface area (Å²) >= 11 is 0. The molecule has 2 fully saturated rings. The van der Waals surface area contributed by atoms with Crippen LogP contribution in [0.5, 0.6) is 0 Å². The molecule has 3 rings (SSSR count). The van der Waals surface area contributed by atoms with Crippen LogP contribution >= 0.6 is 0 Å². The van der Waals surface area contributed by atoms with Gasteiger partial charge in [0.2, 0.25) is 11.8 Å². The zero-order valence-electron chi connectivity index (χ0n) is 16.7. The van der Waals surface area contributed by atoms with Crippen molar-refractivity contribution >= 4 is 17.7 Å². The van der Waals surface area contributed by atoms with Crippen molar-refractivity contribution in [1.29, 1.82) is 0 Å². The number of rotatable bonds is 2. The number of benzene rings is 1. The van der Waals surface area contributed by atoms with E-state index in [9.17, 15) is 14.4 Å². The lowest BCUT2D eigenvalue weighted by atomic mass is 10.0. The first kappa shape index (κ1) is 19.4. The first-order valence-electron chi connectivity index (χ1n) is 9.62. The van der Waals surface area contributed by atoms with E-state index in [4.69, 9.17) is 0 Å². The summed E-state index contributed by atoms with van der Waals surface area (Å²) in [6, 6.07) is 7.58. The fourth-order valence-corrected chi connectivity index (χ4v) is 3.89. The minimum Gasteiger partial charge on any atom is -0.339 e. The Bertz CT molecular complexity index is 745. The Morgan fingerprint density at radius 2 is 1.59 bits per heavy atom. The van der Waals surface area contributed by atoms with Crippen molar-refractivity contribution in [2.24, 2.45) is 5.92 Å². The summed E-state index contributed by atoms with van der Waals surface area (Å²) in [4.78, 5) is 43.3. The highest BCUT2D eigenvalue weighted by atomic mass is 16.2. The topological polar surface area (TPSA) is 60.9 Å². The van der Waals surface area contributed by atoms with Crippen LogP contribution in [0.15, 0.2) is 24.3 Å². The van der Waals surface area contributed by atoms with Gasteiger partial charge in [-0.1, -0.05) is 18.2 Å². The fraction of sp³-hybridized carbons (Fsp3) is 0.571. The molecule has 6 heteroatoms. The maximum atomic E-state index is 12.9. The quantitative estimate of drug-likeness (QED) is 0.798. The van der Waals surface area contributed by atoms with E-state index in [1.807, 2.05) is 61.8 Å². The number of amides is 3. The molecule has 0 radical (unpaired) electrons. The highest BCUT2D eigenvalue weighted by Gasteiger charge is 2.41. The number of hydrogen-bond donors (Lipinski definition) is 0. The summed E-state index contributed by atoms with van der Waals surface area (Å²) in [7, 11) is 0. The molecule has 2 aliphatic heterocycles. The lowest BCUT2D eigenvalue weighted by Crippen LogP contribution is -2.52. The standard InChI is InChI=1S/C21H29N3O3/c1-15-7-5-6-8-17(15)20(27)23-11-9-22(10-12-23)19(26)16-13-18(25)24(14-16)21(2,3)4/h5-8,16H,9-14H2,1-4H3. The van der Waals surface area contributed by atoms with Gasteiger partial charge in [-0.15, -0.1) is 0 Å². The van der Waals surface area contributed by atoms with Crippen LogP contribution in [0, 0.1) is 12.8 Å². The third kappa shape index (κ3) is 3.99. The molecule has 2 aliphatic rings. The van der Waals surface area contributed by atoms with E-state index in [-0.39, 0.29) is 29.2 Å². The van der Waals surface area contributed by atoms with Gasteiger partial charge in [-0.05, 0) is 39.3 Å². The molecule has 146 valence electrons. The summed E-state index contributed by atoms with van der Waals surface area (Å²) in [5, 5.41) is 0. The van der Waals surface area contributed by atoms with E-state index >= 15 is 0 Å². The van der Waals surface area contributed by atoms with E-state index in [0.29, 0.717) is 39.1 Å². The summed E-state index contributed by atoms with van der Waals surface area (Å²) in [6.07, 6.45) is 0.290. The van der Waals surface area contributed by atoms with Gasteiger partial charge in [-0.2, -0.15) is 0 Å². The molecule has 0 bridgehead atoms. The first-order chi connectivity index (χ1) is 12.7. The average Bonchev–Trinajstić information content (AvgIpc) is 3.03. The molecule has 2 heterocycles. The number of hydrogen-bond acceptors (Lipinski definition) is 3. The number of piperazine rings is 1. The summed E-state index contributed by atoms with van der Waals surface area (Å²) in [5.74, 6) is -0.155. The third-order valence-corrected chi connectivity index (χ3v) is 5.54. The predicted octanol–water partition coefficient (Wildman–Crippen LogP) is 1.93. The Balaban J connectivity index is 1.58. The van der Waals surface area contributed by atoms with Gasteiger partial charge in [0.1, 0.15) is 0 Å². The van der Waals surface area contributed by atoms with Crippen LogP contribution < -0.4 is 0 Å². The lowest BCUT2D eigenvalue weighted by Gasteiger charge is -2.36. The minimum atomic E-state index is -0.268. The zero-order chi connectivity index (χ0) is 19.8. The fourth-order valence-electron chi connectivity index (χ4n) is 3.89. The van der Waals surface area contributed by atoms with E-state index in [1.54, 1.807) is 4.90 Å². The molecule has 1 aromatic rings. The van der Waals surface area contributed by atoms with E-state index in [0.717, 1.165) is 11.1 Å². The molecule has 0 N–H and O–H groups in total. The molecule has 0 aliphatic carbocycles. The maximum absolute atomic E-state index is 12.9. The Hall–Kier alpha value is -2.37. The monoisotopic (exact) mass is 371 g/mol. The smallest absolute Gasteiger partial charge is 0.254 e. The van der Waals surface area contributed by atoms with E-state index < -0.39 is 0 Å². The summed E-state index contributed by atoms with van der Waals surface area (Å²) in [5.41, 5.74) is 1.43. The molecule has 0 aromatic heterocycles. The molecule has 0 spiro atoms. The van der Waals surface area contributed by atoms with Gasteiger partial charge in [0.15, 0.2) is 0 Å². The molecule has 27 heavy (non-hydrogen) atoms. The second-order valence-electron chi connectivity index (χ2n) is 8.51. The van der Waals surface area contributed by atoms with Crippen molar-refractivity contribution in [1.82, 2.24) is 14.7 Å². The lowest BCUT2D eigenvalue weighted by molar-refractivity contribution is -0.137. The molecule has 3 amide bonds. The van der Waals surface area contributed by atoms with Crippen molar-refractivity contribution < 1.29 is 14.4 Å². The Morgan fingerprint density at radius 3 is 2.15 bits per heavy atom. The van der Waals surface area contributed by atoms with Gasteiger partial charge >= 0.3 is 0 Å². The summed E-state index contributed by atoms with van der Waals surface area (Å²) in [6.45, 7) is 10.5. The SMILES string of the molecule is Cc1ccccc1C(=O)N1CCN(C(=O)C2CC(=O)N(C(C)(C)C)C2)CC1. The second kappa shape index (κ2) is 7.33. The van der Waals surface area contributed by atoms with E-state index in [2.05, 4.69) is 0 Å². The first-order valence-corrected chi connectivity index (χ1v) is 9.62. The zero-order valence-corrected chi connectivity index (χ0v) is 16.7. The van der Waals surface area contributed by atoms with Crippen LogP contribution in [-0.4, -0.2) is 70.7 Å². The number of nitrogens with zero attached hydrogens (tertiary/aromatic N) is 3. The molecule has 2 saturated heterocycles. The van der Waals surface area contributed by atoms with Crippen LogP contribution in [-0.2, 0) is 9.59 Å². The van der Waals surface area contributed by atoms with E-state index in [1.165, 1.54) is 0 Å². The molecule has 0 saturated carbocycles. The Morgan fingerprint density at radius 1 is 1.00 bits per heavy atom. The largest absolute Gasteiger partial charge is 0.339 e. The van der Waals surface area contributed by atoms with Crippen molar-refractivity contribution in [3.8, 4) is 0 Å². The Labute approximate surface area is 161 Å². The predicted molar refractivity (Wildman–Crippen MR) is 103 cm³/mol. The van der Waals surface area contributed by atoms with Crippen LogP contribution in [0.1, 0.15) is 43.1 Å². The highest BCUT2D eigenvalue weighted by Crippen LogP contribution is 2.27.